The molecule has 3 aromatic rings. The van der Waals surface area contributed by atoms with Crippen molar-refractivity contribution in [3.05, 3.63) is 66.6 Å². The summed E-state index contributed by atoms with van der Waals surface area (Å²) >= 11 is 0. The first-order chi connectivity index (χ1) is 12.4. The average Bonchev–Trinajstić information content (AvgIpc) is 3.33. The number of hydrogen-bond donors (Lipinski definition) is 1. The van der Waals surface area contributed by atoms with Gasteiger partial charge in [-0.15, -0.1) is 0 Å². The Kier molecular flexibility index (Phi) is 4.86. The summed E-state index contributed by atoms with van der Waals surface area (Å²) in [5.74, 6) is 0. The molecule has 4 rings (SSSR count). The van der Waals surface area contributed by atoms with Crippen molar-refractivity contribution >= 4 is 0 Å². The molecule has 1 atom stereocenters. The van der Waals surface area contributed by atoms with Crippen LogP contribution in [0.3, 0.4) is 0 Å². The fourth-order valence-corrected chi connectivity index (χ4v) is 3.18. The molecule has 0 spiro atoms. The van der Waals surface area contributed by atoms with Crippen LogP contribution in [0.5, 0.6) is 0 Å². The SMILES string of the molecule is c1ccc(-n2cc(CNC[C@H]3CCCO3)c(-c3ccncc3)n2)cc1. The number of benzene rings is 1. The summed E-state index contributed by atoms with van der Waals surface area (Å²) in [5.41, 5.74) is 4.31. The van der Waals surface area contributed by atoms with Crippen LogP contribution >= 0.6 is 0 Å². The summed E-state index contributed by atoms with van der Waals surface area (Å²) < 4.78 is 7.63. The molecule has 0 saturated carbocycles. The molecule has 0 radical (unpaired) electrons. The normalized spacial score (nSPS) is 17.0. The third-order valence-electron chi connectivity index (χ3n) is 4.48. The van der Waals surface area contributed by atoms with Gasteiger partial charge in [-0.2, -0.15) is 5.10 Å². The van der Waals surface area contributed by atoms with E-state index in [0.29, 0.717) is 6.10 Å². The molecule has 1 fully saturated rings. The van der Waals surface area contributed by atoms with Crippen molar-refractivity contribution in [2.75, 3.05) is 13.2 Å². The molecular weight excluding hydrogens is 312 g/mol. The van der Waals surface area contributed by atoms with E-state index >= 15 is 0 Å². The Labute approximate surface area is 147 Å². The maximum Gasteiger partial charge on any atom is 0.0973 e. The van der Waals surface area contributed by atoms with Crippen LogP contribution in [0.4, 0.5) is 0 Å². The lowest BCUT2D eigenvalue weighted by Gasteiger charge is -2.10. The Morgan fingerprint density at radius 1 is 1.12 bits per heavy atom. The predicted octanol–water partition coefficient (Wildman–Crippen LogP) is 3.20. The maximum absolute atomic E-state index is 5.69. The average molecular weight is 334 g/mol. The van der Waals surface area contributed by atoms with E-state index in [1.54, 1.807) is 12.4 Å². The molecule has 1 aliphatic heterocycles. The van der Waals surface area contributed by atoms with Crippen molar-refractivity contribution in [1.82, 2.24) is 20.1 Å². The van der Waals surface area contributed by atoms with E-state index in [1.165, 1.54) is 12.0 Å². The molecule has 0 bridgehead atoms. The van der Waals surface area contributed by atoms with Gasteiger partial charge in [0, 0.05) is 49.4 Å². The van der Waals surface area contributed by atoms with Gasteiger partial charge in [-0.25, -0.2) is 4.68 Å². The number of ether oxygens (including phenoxy) is 1. The van der Waals surface area contributed by atoms with Crippen LogP contribution in [0, 0.1) is 0 Å². The van der Waals surface area contributed by atoms with Gasteiger partial charge >= 0.3 is 0 Å². The first-order valence-electron chi connectivity index (χ1n) is 8.77. The molecule has 0 aliphatic carbocycles. The standard InChI is InChI=1S/C20H22N4O/c1-2-5-18(6-3-1)24-15-17(13-22-14-19-7-4-12-25-19)20(23-24)16-8-10-21-11-9-16/h1-3,5-6,8-11,15,19,22H,4,7,12-14H2/t19-/m1/s1. The molecular formula is C20H22N4O. The van der Waals surface area contributed by atoms with Gasteiger partial charge in [0.15, 0.2) is 0 Å². The molecule has 5 heteroatoms. The summed E-state index contributed by atoms with van der Waals surface area (Å²) in [6, 6.07) is 14.2. The van der Waals surface area contributed by atoms with Crippen molar-refractivity contribution < 1.29 is 4.74 Å². The number of pyridine rings is 1. The topological polar surface area (TPSA) is 52.0 Å². The fraction of sp³-hybridized carbons (Fsp3) is 0.300. The molecule has 1 saturated heterocycles. The molecule has 1 N–H and O–H groups in total. The highest BCUT2D eigenvalue weighted by atomic mass is 16.5. The molecule has 1 aliphatic rings. The molecule has 2 aromatic heterocycles. The Morgan fingerprint density at radius 2 is 1.96 bits per heavy atom. The van der Waals surface area contributed by atoms with Gasteiger partial charge in [-0.3, -0.25) is 4.98 Å². The van der Waals surface area contributed by atoms with E-state index in [9.17, 15) is 0 Å². The second kappa shape index (κ2) is 7.59. The summed E-state index contributed by atoms with van der Waals surface area (Å²) in [6.07, 6.45) is 8.37. The minimum Gasteiger partial charge on any atom is -0.377 e. The zero-order valence-electron chi connectivity index (χ0n) is 14.1. The Hall–Kier alpha value is -2.50. The van der Waals surface area contributed by atoms with Crippen molar-refractivity contribution in [2.45, 2.75) is 25.5 Å². The van der Waals surface area contributed by atoms with Crippen LogP contribution in [0.15, 0.2) is 61.1 Å². The van der Waals surface area contributed by atoms with Gasteiger partial charge in [0.05, 0.1) is 17.5 Å². The summed E-state index contributed by atoms with van der Waals surface area (Å²) in [5, 5.41) is 8.34. The zero-order chi connectivity index (χ0) is 16.9. The van der Waals surface area contributed by atoms with Gasteiger partial charge in [-0.05, 0) is 37.1 Å². The van der Waals surface area contributed by atoms with Crippen LogP contribution in [0.25, 0.3) is 16.9 Å². The van der Waals surface area contributed by atoms with Gasteiger partial charge < -0.3 is 10.1 Å². The molecule has 25 heavy (non-hydrogen) atoms. The Bertz CT molecular complexity index is 795. The Morgan fingerprint density at radius 3 is 2.72 bits per heavy atom. The second-order valence-electron chi connectivity index (χ2n) is 6.28. The van der Waals surface area contributed by atoms with E-state index in [1.807, 2.05) is 35.0 Å². The zero-order valence-corrected chi connectivity index (χ0v) is 14.1. The van der Waals surface area contributed by atoms with Crippen molar-refractivity contribution in [3.63, 3.8) is 0 Å². The van der Waals surface area contributed by atoms with E-state index in [0.717, 1.165) is 43.1 Å². The Balaban J connectivity index is 1.58. The van der Waals surface area contributed by atoms with Crippen molar-refractivity contribution in [3.8, 4) is 16.9 Å². The first-order valence-corrected chi connectivity index (χ1v) is 8.77. The largest absolute Gasteiger partial charge is 0.377 e. The fourth-order valence-electron chi connectivity index (χ4n) is 3.18. The highest BCUT2D eigenvalue weighted by molar-refractivity contribution is 5.62. The smallest absolute Gasteiger partial charge is 0.0973 e. The molecule has 3 heterocycles. The minimum atomic E-state index is 0.341. The van der Waals surface area contributed by atoms with Crippen LogP contribution in [0.1, 0.15) is 18.4 Å². The molecule has 1 aromatic carbocycles. The van der Waals surface area contributed by atoms with Crippen molar-refractivity contribution in [2.24, 2.45) is 0 Å². The van der Waals surface area contributed by atoms with Gasteiger partial charge in [-0.1, -0.05) is 18.2 Å². The van der Waals surface area contributed by atoms with Gasteiger partial charge in [0.25, 0.3) is 0 Å². The first kappa shape index (κ1) is 16.0. The van der Waals surface area contributed by atoms with Gasteiger partial charge in [0.1, 0.15) is 0 Å². The lowest BCUT2D eigenvalue weighted by molar-refractivity contribution is 0.110. The third-order valence-corrected chi connectivity index (χ3v) is 4.48. The lowest BCUT2D eigenvalue weighted by atomic mass is 10.1. The number of nitrogens with one attached hydrogen (secondary N) is 1. The highest BCUT2D eigenvalue weighted by Crippen LogP contribution is 2.23. The van der Waals surface area contributed by atoms with E-state index < -0.39 is 0 Å². The molecule has 5 nitrogen and oxygen atoms in total. The predicted molar refractivity (Wildman–Crippen MR) is 97.5 cm³/mol. The number of aromatic nitrogens is 3. The number of hydrogen-bond acceptors (Lipinski definition) is 4. The minimum absolute atomic E-state index is 0.341. The van der Waals surface area contributed by atoms with Crippen LogP contribution in [0.2, 0.25) is 0 Å². The van der Waals surface area contributed by atoms with Crippen molar-refractivity contribution in [1.29, 1.82) is 0 Å². The molecule has 0 amide bonds. The highest BCUT2D eigenvalue weighted by Gasteiger charge is 2.16. The van der Waals surface area contributed by atoms with E-state index in [4.69, 9.17) is 9.84 Å². The summed E-state index contributed by atoms with van der Waals surface area (Å²) in [4.78, 5) is 4.11. The van der Waals surface area contributed by atoms with Gasteiger partial charge in [0.2, 0.25) is 0 Å². The third kappa shape index (κ3) is 3.78. The number of rotatable bonds is 6. The number of para-hydroxylation sites is 1. The molecule has 128 valence electrons. The quantitative estimate of drug-likeness (QED) is 0.752. The van der Waals surface area contributed by atoms with Crippen LogP contribution in [-0.4, -0.2) is 34.0 Å². The summed E-state index contributed by atoms with van der Waals surface area (Å²) in [7, 11) is 0. The second-order valence-corrected chi connectivity index (χ2v) is 6.28. The number of nitrogens with zero attached hydrogens (tertiary/aromatic N) is 3. The maximum atomic E-state index is 5.69. The molecule has 0 unspecified atom stereocenters. The van der Waals surface area contributed by atoms with E-state index in [-0.39, 0.29) is 0 Å². The lowest BCUT2D eigenvalue weighted by Crippen LogP contribution is -2.25. The monoisotopic (exact) mass is 334 g/mol. The van der Waals surface area contributed by atoms with Crippen LogP contribution in [-0.2, 0) is 11.3 Å². The van der Waals surface area contributed by atoms with E-state index in [2.05, 4.69) is 28.6 Å². The summed E-state index contributed by atoms with van der Waals surface area (Å²) in [6.45, 7) is 2.54. The van der Waals surface area contributed by atoms with Crippen LogP contribution < -0.4 is 5.32 Å².